The van der Waals surface area contributed by atoms with E-state index in [1.165, 1.54) is 0 Å². The normalized spacial score (nSPS) is 19.6. The molecule has 1 saturated heterocycles. The van der Waals surface area contributed by atoms with Crippen molar-refractivity contribution in [2.75, 3.05) is 11.9 Å². The van der Waals surface area contributed by atoms with Gasteiger partial charge >= 0.3 is 0 Å². The summed E-state index contributed by atoms with van der Waals surface area (Å²) in [6.07, 6.45) is 4.35. The van der Waals surface area contributed by atoms with E-state index >= 15 is 0 Å². The molecule has 2 heterocycles. The maximum Gasteiger partial charge on any atom is 0.229 e. The number of anilines is 1. The molecular formula is C12H15N3O2. The predicted molar refractivity (Wildman–Crippen MR) is 63.3 cm³/mol. The first-order valence-corrected chi connectivity index (χ1v) is 5.65. The maximum atomic E-state index is 11.9. The van der Waals surface area contributed by atoms with Gasteiger partial charge in [-0.05, 0) is 25.0 Å². The first-order valence-electron chi connectivity index (χ1n) is 5.65. The van der Waals surface area contributed by atoms with E-state index in [0.717, 1.165) is 11.3 Å². The fourth-order valence-electron chi connectivity index (χ4n) is 1.79. The second kappa shape index (κ2) is 4.95. The Labute approximate surface area is 99.6 Å². The molecule has 1 aliphatic heterocycles. The van der Waals surface area contributed by atoms with Crippen molar-refractivity contribution in [1.29, 1.82) is 0 Å². The van der Waals surface area contributed by atoms with Crippen LogP contribution in [0.4, 0.5) is 5.69 Å². The summed E-state index contributed by atoms with van der Waals surface area (Å²) >= 11 is 0. The molecule has 1 aliphatic rings. The second-order valence-corrected chi connectivity index (χ2v) is 4.22. The van der Waals surface area contributed by atoms with Gasteiger partial charge in [0.25, 0.3) is 0 Å². The average Bonchev–Trinajstić information content (AvgIpc) is 2.33. The SMILES string of the molecule is Cc1ccncc1NC(=O)C1CCC(=O)NC1. The van der Waals surface area contributed by atoms with E-state index in [0.29, 0.717) is 19.4 Å². The Hall–Kier alpha value is -1.91. The van der Waals surface area contributed by atoms with E-state index in [1.807, 2.05) is 13.0 Å². The summed E-state index contributed by atoms with van der Waals surface area (Å²) in [6, 6.07) is 1.85. The molecule has 2 rings (SSSR count). The highest BCUT2D eigenvalue weighted by molar-refractivity contribution is 5.94. The Morgan fingerprint density at radius 3 is 3.06 bits per heavy atom. The van der Waals surface area contributed by atoms with Crippen molar-refractivity contribution in [3.8, 4) is 0 Å². The number of nitrogens with zero attached hydrogens (tertiary/aromatic N) is 1. The molecule has 17 heavy (non-hydrogen) atoms. The summed E-state index contributed by atoms with van der Waals surface area (Å²) < 4.78 is 0. The minimum atomic E-state index is -0.146. The Morgan fingerprint density at radius 2 is 2.41 bits per heavy atom. The van der Waals surface area contributed by atoms with Gasteiger partial charge in [0.15, 0.2) is 0 Å². The summed E-state index contributed by atoms with van der Waals surface area (Å²) in [4.78, 5) is 26.9. The monoisotopic (exact) mass is 233 g/mol. The van der Waals surface area contributed by atoms with Gasteiger partial charge in [-0.25, -0.2) is 0 Å². The standard InChI is InChI=1S/C12H15N3O2/c1-8-4-5-13-7-10(8)15-12(17)9-2-3-11(16)14-6-9/h4-5,7,9H,2-3,6H2,1H3,(H,14,16)(H,15,17). The number of carbonyl (C=O) groups excluding carboxylic acids is 2. The Bertz CT molecular complexity index is 435. The lowest BCUT2D eigenvalue weighted by molar-refractivity contribution is -0.126. The highest BCUT2D eigenvalue weighted by atomic mass is 16.2. The van der Waals surface area contributed by atoms with Gasteiger partial charge in [-0.2, -0.15) is 0 Å². The molecular weight excluding hydrogens is 218 g/mol. The number of carbonyl (C=O) groups is 2. The third-order valence-corrected chi connectivity index (χ3v) is 2.93. The molecule has 1 unspecified atom stereocenters. The molecule has 0 bridgehead atoms. The lowest BCUT2D eigenvalue weighted by atomic mass is 9.98. The molecule has 90 valence electrons. The van der Waals surface area contributed by atoms with Crippen LogP contribution in [0, 0.1) is 12.8 Å². The van der Waals surface area contributed by atoms with Gasteiger partial charge in [0.1, 0.15) is 0 Å². The number of aromatic nitrogens is 1. The predicted octanol–water partition coefficient (Wildman–Crippen LogP) is 0.855. The zero-order valence-electron chi connectivity index (χ0n) is 9.69. The minimum Gasteiger partial charge on any atom is -0.355 e. The number of piperidine rings is 1. The van der Waals surface area contributed by atoms with Crippen molar-refractivity contribution in [3.05, 3.63) is 24.0 Å². The second-order valence-electron chi connectivity index (χ2n) is 4.22. The van der Waals surface area contributed by atoms with Crippen molar-refractivity contribution in [2.45, 2.75) is 19.8 Å². The molecule has 1 atom stereocenters. The van der Waals surface area contributed by atoms with Crippen molar-refractivity contribution < 1.29 is 9.59 Å². The van der Waals surface area contributed by atoms with E-state index in [-0.39, 0.29) is 17.7 Å². The van der Waals surface area contributed by atoms with Crippen LogP contribution in [-0.2, 0) is 9.59 Å². The van der Waals surface area contributed by atoms with E-state index in [2.05, 4.69) is 15.6 Å². The first-order chi connectivity index (χ1) is 8.16. The number of hydrogen-bond acceptors (Lipinski definition) is 3. The highest BCUT2D eigenvalue weighted by Crippen LogP contribution is 2.16. The van der Waals surface area contributed by atoms with Gasteiger partial charge in [0, 0.05) is 19.2 Å². The Balaban J connectivity index is 1.98. The molecule has 0 saturated carbocycles. The van der Waals surface area contributed by atoms with Gasteiger partial charge in [0.05, 0.1) is 17.8 Å². The smallest absolute Gasteiger partial charge is 0.229 e. The van der Waals surface area contributed by atoms with E-state index in [9.17, 15) is 9.59 Å². The van der Waals surface area contributed by atoms with Crippen LogP contribution in [0.3, 0.4) is 0 Å². The number of pyridine rings is 1. The lowest BCUT2D eigenvalue weighted by Gasteiger charge is -2.21. The van der Waals surface area contributed by atoms with Gasteiger partial charge in [0.2, 0.25) is 11.8 Å². The summed E-state index contributed by atoms with van der Waals surface area (Å²) in [5.74, 6) is -0.181. The fourth-order valence-corrected chi connectivity index (χ4v) is 1.79. The molecule has 1 aromatic rings. The molecule has 2 N–H and O–H groups in total. The summed E-state index contributed by atoms with van der Waals surface area (Å²) in [7, 11) is 0. The van der Waals surface area contributed by atoms with Crippen LogP contribution in [-0.4, -0.2) is 23.3 Å². The van der Waals surface area contributed by atoms with Gasteiger partial charge in [-0.1, -0.05) is 0 Å². The van der Waals surface area contributed by atoms with Crippen LogP contribution < -0.4 is 10.6 Å². The minimum absolute atomic E-state index is 0.0200. The molecule has 0 aromatic carbocycles. The highest BCUT2D eigenvalue weighted by Gasteiger charge is 2.24. The zero-order chi connectivity index (χ0) is 12.3. The van der Waals surface area contributed by atoms with E-state index in [4.69, 9.17) is 0 Å². The Kier molecular flexibility index (Phi) is 3.37. The van der Waals surface area contributed by atoms with E-state index < -0.39 is 0 Å². The third-order valence-electron chi connectivity index (χ3n) is 2.93. The van der Waals surface area contributed by atoms with Crippen molar-refractivity contribution >= 4 is 17.5 Å². The third kappa shape index (κ3) is 2.81. The molecule has 0 aliphatic carbocycles. The van der Waals surface area contributed by atoms with Gasteiger partial charge < -0.3 is 10.6 Å². The molecule has 5 nitrogen and oxygen atoms in total. The van der Waals surface area contributed by atoms with Gasteiger partial charge in [-0.3, -0.25) is 14.6 Å². The molecule has 0 spiro atoms. The summed E-state index contributed by atoms with van der Waals surface area (Å²) in [5.41, 5.74) is 1.71. The summed E-state index contributed by atoms with van der Waals surface area (Å²) in [5, 5.41) is 5.54. The topological polar surface area (TPSA) is 71.1 Å². The average molecular weight is 233 g/mol. The molecule has 5 heteroatoms. The van der Waals surface area contributed by atoms with Crippen LogP contribution in [0.5, 0.6) is 0 Å². The maximum absolute atomic E-state index is 11.9. The van der Waals surface area contributed by atoms with Crippen LogP contribution >= 0.6 is 0 Å². The van der Waals surface area contributed by atoms with Crippen LogP contribution in [0.1, 0.15) is 18.4 Å². The van der Waals surface area contributed by atoms with Crippen LogP contribution in [0.2, 0.25) is 0 Å². The fraction of sp³-hybridized carbons (Fsp3) is 0.417. The van der Waals surface area contributed by atoms with Crippen molar-refractivity contribution in [1.82, 2.24) is 10.3 Å². The molecule has 0 radical (unpaired) electrons. The first kappa shape index (κ1) is 11.6. The molecule has 1 fully saturated rings. The van der Waals surface area contributed by atoms with Crippen LogP contribution in [0.15, 0.2) is 18.5 Å². The largest absolute Gasteiger partial charge is 0.355 e. The zero-order valence-corrected chi connectivity index (χ0v) is 9.69. The number of hydrogen-bond donors (Lipinski definition) is 2. The summed E-state index contributed by atoms with van der Waals surface area (Å²) in [6.45, 7) is 2.34. The van der Waals surface area contributed by atoms with E-state index in [1.54, 1.807) is 12.4 Å². The molecule has 2 amide bonds. The van der Waals surface area contributed by atoms with Crippen molar-refractivity contribution in [3.63, 3.8) is 0 Å². The molecule has 1 aromatic heterocycles. The van der Waals surface area contributed by atoms with Crippen LogP contribution in [0.25, 0.3) is 0 Å². The van der Waals surface area contributed by atoms with Crippen molar-refractivity contribution in [2.24, 2.45) is 5.92 Å². The Morgan fingerprint density at radius 1 is 1.59 bits per heavy atom. The number of aryl methyl sites for hydroxylation is 1. The number of rotatable bonds is 2. The number of nitrogens with one attached hydrogen (secondary N) is 2. The quantitative estimate of drug-likeness (QED) is 0.795. The van der Waals surface area contributed by atoms with Gasteiger partial charge in [-0.15, -0.1) is 0 Å². The lowest BCUT2D eigenvalue weighted by Crippen LogP contribution is -2.40. The number of amides is 2.